The summed E-state index contributed by atoms with van der Waals surface area (Å²) in [6.45, 7) is 4.11. The van der Waals surface area contributed by atoms with E-state index >= 15 is 0 Å². The number of fused-ring (bicyclic) bond motifs is 3. The van der Waals surface area contributed by atoms with Crippen LogP contribution in [0.2, 0.25) is 0 Å². The molecule has 0 aliphatic carbocycles. The fraction of sp³-hybridized carbons (Fsp3) is 0.0714. The number of rotatable bonds is 4. The lowest BCUT2D eigenvalue weighted by Gasteiger charge is -2.15. The first-order valence-corrected chi connectivity index (χ1v) is 10.9. The predicted molar refractivity (Wildman–Crippen MR) is 132 cm³/mol. The van der Waals surface area contributed by atoms with E-state index < -0.39 is 0 Å². The van der Waals surface area contributed by atoms with Gasteiger partial charge in [-0.25, -0.2) is 9.67 Å². The lowest BCUT2D eigenvalue weighted by molar-refractivity contribution is 0.463. The fourth-order valence-corrected chi connectivity index (χ4v) is 4.51. The van der Waals surface area contributed by atoms with Gasteiger partial charge in [0.05, 0.1) is 28.1 Å². The van der Waals surface area contributed by atoms with E-state index in [0.717, 1.165) is 39.5 Å². The fourth-order valence-electron chi connectivity index (χ4n) is 4.51. The number of hydrogen-bond donors (Lipinski definition) is 0. The van der Waals surface area contributed by atoms with E-state index in [0.29, 0.717) is 5.88 Å². The summed E-state index contributed by atoms with van der Waals surface area (Å²) in [5, 5.41) is 7.12. The van der Waals surface area contributed by atoms with Crippen LogP contribution in [0.15, 0.2) is 97.2 Å². The Morgan fingerprint density at radius 1 is 0.697 bits per heavy atom. The van der Waals surface area contributed by atoms with E-state index in [1.165, 1.54) is 10.8 Å². The van der Waals surface area contributed by atoms with Gasteiger partial charge in [-0.15, -0.1) is 0 Å². The van der Waals surface area contributed by atoms with Crippen molar-refractivity contribution in [3.63, 3.8) is 0 Å². The summed E-state index contributed by atoms with van der Waals surface area (Å²) in [6, 6.07) is 30.8. The van der Waals surface area contributed by atoms with Gasteiger partial charge in [0.1, 0.15) is 5.75 Å². The van der Waals surface area contributed by atoms with Gasteiger partial charge in [-0.1, -0.05) is 36.4 Å². The van der Waals surface area contributed by atoms with Crippen molar-refractivity contribution in [2.24, 2.45) is 0 Å². The van der Waals surface area contributed by atoms with Gasteiger partial charge >= 0.3 is 0 Å². The number of aryl methyl sites for hydroxylation is 2. The van der Waals surface area contributed by atoms with Crippen molar-refractivity contribution in [1.29, 1.82) is 0 Å². The van der Waals surface area contributed by atoms with Crippen molar-refractivity contribution in [3.05, 3.63) is 109 Å². The molecule has 5 nitrogen and oxygen atoms in total. The van der Waals surface area contributed by atoms with Gasteiger partial charge in [0.25, 0.3) is 0 Å². The van der Waals surface area contributed by atoms with Gasteiger partial charge < -0.3 is 9.30 Å². The molecular weight excluding hydrogens is 408 g/mol. The summed E-state index contributed by atoms with van der Waals surface area (Å²) >= 11 is 0. The maximum absolute atomic E-state index is 6.07. The minimum absolute atomic E-state index is 0.572. The Hall–Kier alpha value is -4.38. The van der Waals surface area contributed by atoms with Gasteiger partial charge in [-0.2, -0.15) is 5.10 Å². The number of ether oxygens (including phenoxy) is 1. The third-order valence-corrected chi connectivity index (χ3v) is 5.87. The number of para-hydroxylation sites is 3. The van der Waals surface area contributed by atoms with Crippen molar-refractivity contribution < 1.29 is 4.74 Å². The quantitative estimate of drug-likeness (QED) is 0.310. The molecule has 33 heavy (non-hydrogen) atoms. The maximum atomic E-state index is 6.07. The molecule has 0 spiro atoms. The van der Waals surface area contributed by atoms with Crippen LogP contribution in [0.1, 0.15) is 11.4 Å². The summed E-state index contributed by atoms with van der Waals surface area (Å²) in [5.74, 6) is 1.32. The SMILES string of the molecule is Cc1cc(C)n(-c2ccccc2-n2c3ccccc3c3ccc(Oc4ccccn4)cc32)n1. The Morgan fingerprint density at radius 2 is 1.45 bits per heavy atom. The minimum atomic E-state index is 0.572. The van der Waals surface area contributed by atoms with Gasteiger partial charge in [-0.3, -0.25) is 0 Å². The Kier molecular flexibility index (Phi) is 4.47. The van der Waals surface area contributed by atoms with E-state index in [2.05, 4.69) is 83.2 Å². The third kappa shape index (κ3) is 3.26. The summed E-state index contributed by atoms with van der Waals surface area (Å²) in [7, 11) is 0. The first-order valence-electron chi connectivity index (χ1n) is 10.9. The summed E-state index contributed by atoms with van der Waals surface area (Å²) < 4.78 is 10.4. The summed E-state index contributed by atoms with van der Waals surface area (Å²) in [5.41, 5.74) is 6.39. The van der Waals surface area contributed by atoms with Crippen LogP contribution in [0.3, 0.4) is 0 Å². The van der Waals surface area contributed by atoms with Crippen molar-refractivity contribution >= 4 is 21.8 Å². The second-order valence-electron chi connectivity index (χ2n) is 8.13. The van der Waals surface area contributed by atoms with Crippen LogP contribution >= 0.6 is 0 Å². The molecule has 0 unspecified atom stereocenters. The number of benzene rings is 3. The number of hydrogen-bond acceptors (Lipinski definition) is 3. The van der Waals surface area contributed by atoms with Crippen molar-refractivity contribution in [2.45, 2.75) is 13.8 Å². The molecule has 0 saturated heterocycles. The molecule has 0 atom stereocenters. The Bertz CT molecular complexity index is 1610. The monoisotopic (exact) mass is 430 g/mol. The van der Waals surface area contributed by atoms with Gasteiger partial charge in [0, 0.05) is 34.8 Å². The molecular formula is C28H22N4O. The first kappa shape index (κ1) is 19.3. The van der Waals surface area contributed by atoms with Crippen LogP contribution < -0.4 is 4.74 Å². The number of aromatic nitrogens is 4. The average molecular weight is 431 g/mol. The average Bonchev–Trinajstić information content (AvgIpc) is 3.35. The zero-order valence-electron chi connectivity index (χ0n) is 18.4. The highest BCUT2D eigenvalue weighted by atomic mass is 16.5. The molecule has 0 fully saturated rings. The van der Waals surface area contributed by atoms with Crippen LogP contribution in [0.5, 0.6) is 11.6 Å². The van der Waals surface area contributed by atoms with E-state index in [1.807, 2.05) is 35.9 Å². The highest BCUT2D eigenvalue weighted by Crippen LogP contribution is 2.36. The molecule has 0 saturated carbocycles. The molecule has 5 heteroatoms. The molecule has 0 radical (unpaired) electrons. The van der Waals surface area contributed by atoms with E-state index in [9.17, 15) is 0 Å². The van der Waals surface area contributed by atoms with Gasteiger partial charge in [-0.05, 0) is 56.3 Å². The summed E-state index contributed by atoms with van der Waals surface area (Å²) in [4.78, 5) is 4.30. The second kappa shape index (κ2) is 7.64. The van der Waals surface area contributed by atoms with Crippen molar-refractivity contribution in [1.82, 2.24) is 19.3 Å². The zero-order chi connectivity index (χ0) is 22.4. The molecule has 0 aliphatic rings. The van der Waals surface area contributed by atoms with Gasteiger partial charge in [0.2, 0.25) is 5.88 Å². The second-order valence-corrected chi connectivity index (χ2v) is 8.13. The molecule has 0 N–H and O–H groups in total. The normalized spacial score (nSPS) is 11.3. The molecule has 3 heterocycles. The van der Waals surface area contributed by atoms with Crippen LogP contribution in [0.4, 0.5) is 0 Å². The van der Waals surface area contributed by atoms with E-state index in [4.69, 9.17) is 9.84 Å². The van der Waals surface area contributed by atoms with Crippen molar-refractivity contribution in [2.75, 3.05) is 0 Å². The predicted octanol–water partition coefficient (Wildman–Crippen LogP) is 6.77. The first-order chi connectivity index (χ1) is 16.2. The lowest BCUT2D eigenvalue weighted by Crippen LogP contribution is -2.05. The Morgan fingerprint density at radius 3 is 2.24 bits per heavy atom. The lowest BCUT2D eigenvalue weighted by atomic mass is 10.1. The zero-order valence-corrected chi connectivity index (χ0v) is 18.4. The topological polar surface area (TPSA) is 44.9 Å². The van der Waals surface area contributed by atoms with Crippen LogP contribution in [0, 0.1) is 13.8 Å². The molecule has 6 aromatic rings. The molecule has 0 bridgehead atoms. The third-order valence-electron chi connectivity index (χ3n) is 5.87. The summed E-state index contributed by atoms with van der Waals surface area (Å²) in [6.07, 6.45) is 1.73. The van der Waals surface area contributed by atoms with E-state index in [-0.39, 0.29) is 0 Å². The molecule has 3 aromatic heterocycles. The molecule has 0 amide bonds. The molecule has 160 valence electrons. The Labute approximate surface area is 191 Å². The van der Waals surface area contributed by atoms with Gasteiger partial charge in [0.15, 0.2) is 0 Å². The maximum Gasteiger partial charge on any atom is 0.219 e. The van der Waals surface area contributed by atoms with Crippen molar-refractivity contribution in [3.8, 4) is 23.0 Å². The van der Waals surface area contributed by atoms with Crippen LogP contribution in [0.25, 0.3) is 33.2 Å². The highest BCUT2D eigenvalue weighted by molar-refractivity contribution is 6.09. The largest absolute Gasteiger partial charge is 0.439 e. The molecule has 3 aromatic carbocycles. The van der Waals surface area contributed by atoms with Crippen LogP contribution in [-0.2, 0) is 0 Å². The molecule has 6 rings (SSSR count). The number of pyridine rings is 1. The van der Waals surface area contributed by atoms with E-state index in [1.54, 1.807) is 6.20 Å². The smallest absolute Gasteiger partial charge is 0.219 e. The van der Waals surface area contributed by atoms with Crippen LogP contribution in [-0.4, -0.2) is 19.3 Å². The minimum Gasteiger partial charge on any atom is -0.439 e. The molecule has 0 aliphatic heterocycles. The standard InChI is InChI=1S/C28H22N4O/c1-19-17-20(2)32(30-19)26-12-6-5-11-25(26)31-24-10-4-3-9-22(24)23-15-14-21(18-27(23)31)33-28-13-7-8-16-29-28/h3-18H,1-2H3. The highest BCUT2D eigenvalue weighted by Gasteiger charge is 2.17. The number of nitrogens with zero attached hydrogens (tertiary/aromatic N) is 4. The Balaban J connectivity index is 1.62.